The number of methoxy groups -OCH3 is 2. The molecule has 0 fully saturated rings. The molecule has 0 saturated heterocycles. The smallest absolute Gasteiger partial charge is 0.264 e. The molecule has 0 aliphatic rings. The molecule has 9 nitrogen and oxygen atoms in total. The lowest BCUT2D eigenvalue weighted by Crippen LogP contribution is -2.53. The molecule has 0 aromatic heterocycles. The van der Waals surface area contributed by atoms with Crippen LogP contribution in [0.5, 0.6) is 11.5 Å². The van der Waals surface area contributed by atoms with Gasteiger partial charge in [-0.05, 0) is 47.5 Å². The molecule has 4 aromatic carbocycles. The first-order valence-corrected chi connectivity index (χ1v) is 15.2. The summed E-state index contributed by atoms with van der Waals surface area (Å²) < 4.78 is 53.6. The lowest BCUT2D eigenvalue weighted by atomic mass is 10.0. The van der Waals surface area contributed by atoms with Crippen LogP contribution in [0.25, 0.3) is 0 Å². The van der Waals surface area contributed by atoms with E-state index in [1.165, 1.54) is 56.5 Å². The Morgan fingerprint density at radius 3 is 1.98 bits per heavy atom. The number of halogens is 1. The van der Waals surface area contributed by atoms with Gasteiger partial charge in [-0.1, -0.05) is 60.7 Å². The molecule has 1 N–H and O–H groups in total. The molecule has 1 atom stereocenters. The van der Waals surface area contributed by atoms with Crippen LogP contribution < -0.4 is 19.1 Å². The van der Waals surface area contributed by atoms with Crippen LogP contribution in [0.4, 0.5) is 10.1 Å². The highest BCUT2D eigenvalue weighted by Gasteiger charge is 2.34. The summed E-state index contributed by atoms with van der Waals surface area (Å²) >= 11 is 0. The predicted molar refractivity (Wildman–Crippen MR) is 165 cm³/mol. The van der Waals surface area contributed by atoms with Crippen molar-refractivity contribution in [2.24, 2.45) is 0 Å². The van der Waals surface area contributed by atoms with E-state index < -0.39 is 40.2 Å². The monoisotopic (exact) mass is 619 g/mol. The molecule has 0 spiro atoms. The van der Waals surface area contributed by atoms with Crippen LogP contribution in [0.15, 0.2) is 108 Å². The van der Waals surface area contributed by atoms with Crippen molar-refractivity contribution in [3.8, 4) is 11.5 Å². The first kappa shape index (κ1) is 32.0. The van der Waals surface area contributed by atoms with Crippen molar-refractivity contribution < 1.29 is 31.9 Å². The third-order valence-corrected chi connectivity index (χ3v) is 8.82. The average molecular weight is 620 g/mol. The quantitative estimate of drug-likeness (QED) is 0.238. The van der Waals surface area contributed by atoms with E-state index in [0.29, 0.717) is 5.75 Å². The van der Waals surface area contributed by atoms with Gasteiger partial charge in [0.1, 0.15) is 18.4 Å². The van der Waals surface area contributed by atoms with Crippen molar-refractivity contribution in [1.82, 2.24) is 10.2 Å². The number of anilines is 1. The summed E-state index contributed by atoms with van der Waals surface area (Å²) in [6, 6.07) is 26.2. The number of benzene rings is 4. The summed E-state index contributed by atoms with van der Waals surface area (Å²) in [4.78, 5) is 28.8. The molecule has 0 aliphatic carbocycles. The van der Waals surface area contributed by atoms with Gasteiger partial charge in [0.2, 0.25) is 11.8 Å². The Morgan fingerprint density at radius 1 is 0.818 bits per heavy atom. The lowest BCUT2D eigenvalue weighted by Gasteiger charge is -2.33. The van der Waals surface area contributed by atoms with Crippen LogP contribution in [-0.2, 0) is 32.6 Å². The molecule has 11 heteroatoms. The Bertz CT molecular complexity index is 1670. The number of carbonyl (C=O) groups is 2. The maximum Gasteiger partial charge on any atom is 0.264 e. The minimum atomic E-state index is -4.41. The maximum atomic E-state index is 14.3. The minimum Gasteiger partial charge on any atom is -0.493 e. The van der Waals surface area contributed by atoms with Crippen molar-refractivity contribution >= 4 is 27.5 Å². The number of likely N-dealkylation sites (N-methyl/N-ethyl adjacent to an activating group) is 1. The Hall–Kier alpha value is -4.90. The van der Waals surface area contributed by atoms with Gasteiger partial charge in [-0.25, -0.2) is 12.8 Å². The second-order valence-corrected chi connectivity index (χ2v) is 11.7. The standard InChI is InChI=1S/C33H34FN3O6S/c1-35-33(39)29(20-24-10-6-4-7-11-24)36(22-25-12-8-5-9-13-25)32(38)23-37(27-16-14-26(34)15-17-27)44(40,41)28-18-19-30(42-2)31(21-28)43-3/h4-19,21,29H,20,22-23H2,1-3H3,(H,35,39)/t29-/m1/s1. The zero-order valence-corrected chi connectivity index (χ0v) is 25.5. The minimum absolute atomic E-state index is 0.0399. The molecular weight excluding hydrogens is 585 g/mol. The maximum absolute atomic E-state index is 14.3. The third kappa shape index (κ3) is 7.54. The van der Waals surface area contributed by atoms with Crippen molar-refractivity contribution in [2.45, 2.75) is 23.9 Å². The number of hydrogen-bond donors (Lipinski definition) is 1. The first-order valence-electron chi connectivity index (χ1n) is 13.8. The highest BCUT2D eigenvalue weighted by Crippen LogP contribution is 2.32. The molecule has 0 aliphatic heterocycles. The average Bonchev–Trinajstić information content (AvgIpc) is 3.05. The summed E-state index contributed by atoms with van der Waals surface area (Å²) in [7, 11) is -0.122. The fourth-order valence-corrected chi connectivity index (χ4v) is 6.17. The predicted octanol–water partition coefficient (Wildman–Crippen LogP) is 4.42. The van der Waals surface area contributed by atoms with E-state index in [4.69, 9.17) is 9.47 Å². The molecule has 0 saturated carbocycles. The summed E-state index contributed by atoms with van der Waals surface area (Å²) in [6.45, 7) is -0.629. The van der Waals surface area contributed by atoms with E-state index >= 15 is 0 Å². The van der Waals surface area contributed by atoms with Crippen molar-refractivity contribution in [3.05, 3.63) is 120 Å². The van der Waals surface area contributed by atoms with Crippen LogP contribution in [0, 0.1) is 5.82 Å². The fraction of sp³-hybridized carbons (Fsp3) is 0.212. The number of ether oxygens (including phenoxy) is 2. The zero-order chi connectivity index (χ0) is 31.7. The number of amides is 2. The SMILES string of the molecule is CNC(=O)[C@@H](Cc1ccccc1)N(Cc1ccccc1)C(=O)CN(c1ccc(F)cc1)S(=O)(=O)c1ccc(OC)c(OC)c1. The van der Waals surface area contributed by atoms with Crippen LogP contribution in [0.1, 0.15) is 11.1 Å². The van der Waals surface area contributed by atoms with E-state index in [1.807, 2.05) is 60.7 Å². The zero-order valence-electron chi connectivity index (χ0n) is 24.6. The number of nitrogens with zero attached hydrogens (tertiary/aromatic N) is 2. The Labute approximate surface area is 256 Å². The molecule has 4 aromatic rings. The number of carbonyl (C=O) groups excluding carboxylic acids is 2. The van der Waals surface area contributed by atoms with Crippen molar-refractivity contribution in [3.63, 3.8) is 0 Å². The van der Waals surface area contributed by atoms with Gasteiger partial charge in [0.25, 0.3) is 10.0 Å². The van der Waals surface area contributed by atoms with Gasteiger partial charge >= 0.3 is 0 Å². The van der Waals surface area contributed by atoms with E-state index in [0.717, 1.165) is 27.6 Å². The lowest BCUT2D eigenvalue weighted by molar-refractivity contribution is -0.139. The van der Waals surface area contributed by atoms with Crippen molar-refractivity contribution in [1.29, 1.82) is 0 Å². The number of nitrogens with one attached hydrogen (secondary N) is 1. The molecule has 0 bridgehead atoms. The summed E-state index contributed by atoms with van der Waals surface area (Å²) in [6.07, 6.45) is 0.193. The van der Waals surface area contributed by atoms with Gasteiger partial charge in [-0.15, -0.1) is 0 Å². The van der Waals surface area contributed by atoms with Gasteiger partial charge in [-0.3, -0.25) is 13.9 Å². The largest absolute Gasteiger partial charge is 0.493 e. The molecule has 0 radical (unpaired) electrons. The van der Waals surface area contributed by atoms with Crippen LogP contribution >= 0.6 is 0 Å². The molecule has 2 amide bonds. The first-order chi connectivity index (χ1) is 21.2. The van der Waals surface area contributed by atoms with Crippen LogP contribution in [-0.4, -0.2) is 59.0 Å². The fourth-order valence-electron chi connectivity index (χ4n) is 4.74. The normalized spacial score (nSPS) is 11.7. The van der Waals surface area contributed by atoms with Gasteiger partial charge < -0.3 is 19.7 Å². The van der Waals surface area contributed by atoms with E-state index in [1.54, 1.807) is 0 Å². The van der Waals surface area contributed by atoms with E-state index in [9.17, 15) is 22.4 Å². The molecule has 4 rings (SSSR count). The highest BCUT2D eigenvalue weighted by atomic mass is 32.2. The molecule has 44 heavy (non-hydrogen) atoms. The van der Waals surface area contributed by atoms with Gasteiger partial charge in [0, 0.05) is 26.1 Å². The summed E-state index contributed by atoms with van der Waals surface area (Å²) in [5.74, 6) is -1.12. The Morgan fingerprint density at radius 2 is 1.41 bits per heavy atom. The highest BCUT2D eigenvalue weighted by molar-refractivity contribution is 7.92. The van der Waals surface area contributed by atoms with Gasteiger partial charge in [0.15, 0.2) is 11.5 Å². The summed E-state index contributed by atoms with van der Waals surface area (Å²) in [5, 5.41) is 2.65. The van der Waals surface area contributed by atoms with E-state index in [-0.39, 0.29) is 29.3 Å². The number of rotatable bonds is 13. The van der Waals surface area contributed by atoms with Gasteiger partial charge in [-0.2, -0.15) is 0 Å². The van der Waals surface area contributed by atoms with Gasteiger partial charge in [0.05, 0.1) is 24.8 Å². The van der Waals surface area contributed by atoms with E-state index in [2.05, 4.69) is 5.32 Å². The molecule has 0 unspecified atom stereocenters. The Kier molecular flexibility index (Phi) is 10.6. The summed E-state index contributed by atoms with van der Waals surface area (Å²) in [5.41, 5.74) is 1.63. The molecular formula is C33H34FN3O6S. The van der Waals surface area contributed by atoms with Crippen LogP contribution in [0.3, 0.4) is 0 Å². The van der Waals surface area contributed by atoms with Crippen molar-refractivity contribution in [2.75, 3.05) is 32.1 Å². The number of sulfonamides is 1. The second kappa shape index (κ2) is 14.5. The second-order valence-electron chi connectivity index (χ2n) is 9.83. The number of hydrogen-bond acceptors (Lipinski definition) is 6. The third-order valence-electron chi connectivity index (χ3n) is 7.05. The molecule has 0 heterocycles. The molecule has 230 valence electrons. The topological polar surface area (TPSA) is 105 Å². The van der Waals surface area contributed by atoms with Crippen LogP contribution in [0.2, 0.25) is 0 Å². The Balaban J connectivity index is 1.79.